The Balaban J connectivity index is 1.63. The highest BCUT2D eigenvalue weighted by Crippen LogP contribution is 2.44. The molecule has 1 unspecified atom stereocenters. The number of fused-ring (bicyclic) bond motifs is 1. The molecule has 4 rings (SSSR count). The first kappa shape index (κ1) is 27.5. The van der Waals surface area contributed by atoms with Crippen molar-refractivity contribution in [3.63, 3.8) is 0 Å². The molecule has 10 heteroatoms. The number of alkyl halides is 3. The Morgan fingerprint density at radius 2 is 1.76 bits per heavy atom. The zero-order valence-electron chi connectivity index (χ0n) is 21.2. The summed E-state index contributed by atoms with van der Waals surface area (Å²) in [7, 11) is 0. The summed E-state index contributed by atoms with van der Waals surface area (Å²) >= 11 is 1.36. The number of rotatable bonds is 7. The first-order chi connectivity index (χ1) is 17.8. The Labute approximate surface area is 221 Å². The highest BCUT2D eigenvalue weighted by Gasteiger charge is 2.31. The standard InChI is InChI=1S/C28H26F4N2O3S/c1-16-14-19(12-13-22(16)36-15-23(35)37-27(2,3)4)38-26(17-8-10-18(11-9-17)28(30,31)32)25-20-6-5-7-21(29)24(20)33-34-25/h5-14,26H,15H2,1-4H3,(H,33,34). The van der Waals surface area contributed by atoms with E-state index in [1.807, 2.05) is 13.0 Å². The molecule has 0 saturated heterocycles. The molecule has 0 bridgehead atoms. The average molecular weight is 547 g/mol. The predicted molar refractivity (Wildman–Crippen MR) is 138 cm³/mol. The molecule has 1 N–H and O–H groups in total. The number of halogens is 4. The van der Waals surface area contributed by atoms with E-state index in [9.17, 15) is 22.4 Å². The van der Waals surface area contributed by atoms with Crippen molar-refractivity contribution >= 4 is 28.6 Å². The van der Waals surface area contributed by atoms with Crippen LogP contribution in [0.15, 0.2) is 65.6 Å². The number of esters is 1. The summed E-state index contributed by atoms with van der Waals surface area (Å²) < 4.78 is 64.7. The first-order valence-electron chi connectivity index (χ1n) is 11.7. The van der Waals surface area contributed by atoms with E-state index in [0.29, 0.717) is 22.4 Å². The van der Waals surface area contributed by atoms with Gasteiger partial charge in [-0.3, -0.25) is 5.10 Å². The summed E-state index contributed by atoms with van der Waals surface area (Å²) in [5, 5.41) is 7.04. The average Bonchev–Trinajstić information content (AvgIpc) is 3.26. The van der Waals surface area contributed by atoms with Crippen molar-refractivity contribution in [2.45, 2.75) is 49.6 Å². The minimum Gasteiger partial charge on any atom is -0.482 e. The molecular formula is C28H26F4N2O3S. The Hall–Kier alpha value is -3.53. The van der Waals surface area contributed by atoms with Crippen LogP contribution in [0.5, 0.6) is 5.75 Å². The van der Waals surface area contributed by atoms with E-state index in [4.69, 9.17) is 9.47 Å². The lowest BCUT2D eigenvalue weighted by molar-refractivity contribution is -0.157. The summed E-state index contributed by atoms with van der Waals surface area (Å²) in [6.45, 7) is 6.88. The van der Waals surface area contributed by atoms with Gasteiger partial charge in [0, 0.05) is 10.3 Å². The van der Waals surface area contributed by atoms with Crippen molar-refractivity contribution in [2.75, 3.05) is 6.61 Å². The van der Waals surface area contributed by atoms with Gasteiger partial charge in [-0.15, -0.1) is 11.8 Å². The molecule has 1 atom stereocenters. The Bertz CT molecular complexity index is 1440. The Morgan fingerprint density at radius 1 is 1.05 bits per heavy atom. The van der Waals surface area contributed by atoms with Crippen LogP contribution in [0.1, 0.15) is 48.4 Å². The van der Waals surface area contributed by atoms with Gasteiger partial charge < -0.3 is 9.47 Å². The van der Waals surface area contributed by atoms with E-state index in [2.05, 4.69) is 10.2 Å². The summed E-state index contributed by atoms with van der Waals surface area (Å²) in [6, 6.07) is 14.8. The highest BCUT2D eigenvalue weighted by molar-refractivity contribution is 7.99. The third kappa shape index (κ3) is 6.48. The van der Waals surface area contributed by atoms with E-state index in [1.54, 1.807) is 45.0 Å². The molecule has 0 spiro atoms. The SMILES string of the molecule is Cc1cc(SC(c2ccc(C(F)(F)F)cc2)c2n[nH]c3c(F)cccc23)ccc1OCC(=O)OC(C)(C)C. The number of thioether (sulfide) groups is 1. The maximum absolute atomic E-state index is 14.3. The molecule has 3 aromatic carbocycles. The van der Waals surface area contributed by atoms with Gasteiger partial charge in [0.15, 0.2) is 6.61 Å². The normalized spacial score (nSPS) is 12.9. The van der Waals surface area contributed by atoms with E-state index >= 15 is 0 Å². The summed E-state index contributed by atoms with van der Waals surface area (Å²) in [4.78, 5) is 12.8. The smallest absolute Gasteiger partial charge is 0.416 e. The van der Waals surface area contributed by atoms with Crippen LogP contribution in [-0.2, 0) is 15.7 Å². The molecule has 0 aliphatic rings. The molecule has 4 aromatic rings. The van der Waals surface area contributed by atoms with Gasteiger partial charge in [0.2, 0.25) is 0 Å². The summed E-state index contributed by atoms with van der Waals surface area (Å²) in [5.41, 5.74) is 0.661. The number of nitrogens with one attached hydrogen (secondary N) is 1. The number of carbonyl (C=O) groups excluding carboxylic acids is 1. The number of H-pyrrole nitrogens is 1. The molecule has 0 aliphatic carbocycles. The van der Waals surface area contributed by atoms with Crippen LogP contribution < -0.4 is 4.74 Å². The quantitative estimate of drug-likeness (QED) is 0.147. The fourth-order valence-corrected chi connectivity index (χ4v) is 5.11. The molecule has 5 nitrogen and oxygen atoms in total. The fraction of sp³-hybridized carbons (Fsp3) is 0.286. The number of carbonyl (C=O) groups is 1. The number of nitrogens with zero attached hydrogens (tertiary/aromatic N) is 1. The van der Waals surface area contributed by atoms with Gasteiger partial charge in [0.1, 0.15) is 22.7 Å². The third-order valence-corrected chi connectivity index (χ3v) is 6.79. The number of hydrogen-bond donors (Lipinski definition) is 1. The number of ether oxygens (including phenoxy) is 2. The number of para-hydroxylation sites is 1. The minimum atomic E-state index is -4.46. The van der Waals surface area contributed by atoms with Crippen LogP contribution in [0.2, 0.25) is 0 Å². The second-order valence-electron chi connectivity index (χ2n) is 9.69. The van der Waals surface area contributed by atoms with E-state index in [0.717, 1.165) is 22.6 Å². The molecule has 1 aromatic heterocycles. The van der Waals surface area contributed by atoms with Crippen LogP contribution in [-0.4, -0.2) is 28.4 Å². The maximum Gasteiger partial charge on any atom is 0.416 e. The van der Waals surface area contributed by atoms with Gasteiger partial charge in [-0.05, 0) is 75.2 Å². The van der Waals surface area contributed by atoms with E-state index < -0.39 is 34.4 Å². The van der Waals surface area contributed by atoms with Gasteiger partial charge >= 0.3 is 12.1 Å². The molecule has 0 saturated carbocycles. The van der Waals surface area contributed by atoms with Gasteiger partial charge in [-0.1, -0.05) is 24.3 Å². The molecule has 0 radical (unpaired) electrons. The summed E-state index contributed by atoms with van der Waals surface area (Å²) in [6.07, 6.45) is -4.46. The number of benzene rings is 3. The largest absolute Gasteiger partial charge is 0.482 e. The Kier molecular flexibility index (Phi) is 7.73. The lowest BCUT2D eigenvalue weighted by Crippen LogP contribution is -2.27. The Morgan fingerprint density at radius 3 is 2.39 bits per heavy atom. The first-order valence-corrected chi connectivity index (χ1v) is 12.6. The molecule has 0 amide bonds. The van der Waals surface area contributed by atoms with Crippen molar-refractivity contribution in [1.82, 2.24) is 10.2 Å². The number of aromatic nitrogens is 2. The summed E-state index contributed by atoms with van der Waals surface area (Å²) in [5.74, 6) is -0.464. The second-order valence-corrected chi connectivity index (χ2v) is 10.9. The van der Waals surface area contributed by atoms with E-state index in [-0.39, 0.29) is 12.1 Å². The topological polar surface area (TPSA) is 64.2 Å². The maximum atomic E-state index is 14.3. The molecule has 0 fully saturated rings. The van der Waals surface area contributed by atoms with Crippen LogP contribution >= 0.6 is 11.8 Å². The van der Waals surface area contributed by atoms with Crippen LogP contribution in [0.25, 0.3) is 10.9 Å². The minimum absolute atomic E-state index is 0.224. The van der Waals surface area contributed by atoms with Gasteiger partial charge in [0.25, 0.3) is 0 Å². The second kappa shape index (κ2) is 10.7. The van der Waals surface area contributed by atoms with Crippen molar-refractivity contribution in [3.05, 3.63) is 88.9 Å². The lowest BCUT2D eigenvalue weighted by atomic mass is 10.0. The van der Waals surface area contributed by atoms with Crippen molar-refractivity contribution in [3.8, 4) is 5.75 Å². The lowest BCUT2D eigenvalue weighted by Gasteiger charge is -2.20. The zero-order chi connectivity index (χ0) is 27.7. The molecule has 1 heterocycles. The van der Waals surface area contributed by atoms with Gasteiger partial charge in [0.05, 0.1) is 16.5 Å². The zero-order valence-corrected chi connectivity index (χ0v) is 22.0. The predicted octanol–water partition coefficient (Wildman–Crippen LogP) is 7.63. The molecule has 0 aliphatic heterocycles. The van der Waals surface area contributed by atoms with Gasteiger partial charge in [-0.25, -0.2) is 9.18 Å². The van der Waals surface area contributed by atoms with E-state index in [1.165, 1.54) is 30.0 Å². The van der Waals surface area contributed by atoms with Crippen LogP contribution in [0.3, 0.4) is 0 Å². The highest BCUT2D eigenvalue weighted by atomic mass is 32.2. The van der Waals surface area contributed by atoms with Crippen LogP contribution in [0.4, 0.5) is 17.6 Å². The van der Waals surface area contributed by atoms with Crippen molar-refractivity contribution in [1.29, 1.82) is 0 Å². The van der Waals surface area contributed by atoms with Gasteiger partial charge in [-0.2, -0.15) is 18.3 Å². The van der Waals surface area contributed by atoms with Crippen LogP contribution in [0, 0.1) is 12.7 Å². The third-order valence-electron chi connectivity index (χ3n) is 5.53. The van der Waals surface area contributed by atoms with Crippen molar-refractivity contribution in [2.24, 2.45) is 0 Å². The molecular weight excluding hydrogens is 520 g/mol. The molecule has 200 valence electrons. The number of aryl methyl sites for hydroxylation is 1. The number of aromatic amines is 1. The monoisotopic (exact) mass is 546 g/mol. The fourth-order valence-electron chi connectivity index (χ4n) is 3.86. The van der Waals surface area contributed by atoms with Crippen molar-refractivity contribution < 1.29 is 31.8 Å². The molecule has 38 heavy (non-hydrogen) atoms. The number of hydrogen-bond acceptors (Lipinski definition) is 5.